The van der Waals surface area contributed by atoms with Crippen molar-refractivity contribution >= 4 is 34.7 Å². The highest BCUT2D eigenvalue weighted by molar-refractivity contribution is 7.98. The maximum absolute atomic E-state index is 13.0. The zero-order valence-electron chi connectivity index (χ0n) is 16.3. The molecule has 1 N–H and O–H groups in total. The van der Waals surface area contributed by atoms with Gasteiger partial charge in [0.25, 0.3) is 5.91 Å². The van der Waals surface area contributed by atoms with Crippen LogP contribution >= 0.6 is 23.1 Å². The van der Waals surface area contributed by atoms with Crippen LogP contribution in [0.2, 0.25) is 0 Å². The highest BCUT2D eigenvalue weighted by Crippen LogP contribution is 2.28. The zero-order valence-corrected chi connectivity index (χ0v) is 17.9. The number of carbonyl (C=O) groups is 1. The van der Waals surface area contributed by atoms with Gasteiger partial charge in [-0.2, -0.15) is 0 Å². The summed E-state index contributed by atoms with van der Waals surface area (Å²) in [6, 6.07) is 11.7. The minimum absolute atomic E-state index is 0.267. The highest BCUT2D eigenvalue weighted by Gasteiger charge is 2.15. The molecule has 3 rings (SSSR count). The van der Waals surface area contributed by atoms with Crippen molar-refractivity contribution in [3.05, 3.63) is 63.9 Å². The predicted octanol–water partition coefficient (Wildman–Crippen LogP) is 4.29. The van der Waals surface area contributed by atoms with Crippen molar-refractivity contribution in [3.63, 3.8) is 0 Å². The third-order valence-electron chi connectivity index (χ3n) is 4.07. The maximum atomic E-state index is 13.0. The summed E-state index contributed by atoms with van der Waals surface area (Å²) in [6.07, 6.45) is 2.02. The van der Waals surface area contributed by atoms with Gasteiger partial charge in [0.05, 0.1) is 13.7 Å². The molecule has 0 atom stereocenters. The monoisotopic (exact) mass is 432 g/mol. The summed E-state index contributed by atoms with van der Waals surface area (Å²) in [5.74, 6) is 0.143. The summed E-state index contributed by atoms with van der Waals surface area (Å²) < 4.78 is 18.4. The van der Waals surface area contributed by atoms with Crippen LogP contribution in [0.25, 0.3) is 0 Å². The first-order valence-corrected chi connectivity index (χ1v) is 10.8. The number of aromatic nitrogens is 2. The Morgan fingerprint density at radius 1 is 1.21 bits per heavy atom. The van der Waals surface area contributed by atoms with E-state index in [0.717, 1.165) is 21.2 Å². The van der Waals surface area contributed by atoms with Crippen molar-refractivity contribution in [2.75, 3.05) is 25.7 Å². The van der Waals surface area contributed by atoms with Gasteiger partial charge in [0, 0.05) is 17.1 Å². The second-order valence-electron chi connectivity index (χ2n) is 6.32. The second-order valence-corrected chi connectivity index (χ2v) is 8.23. The Balaban J connectivity index is 1.59. The van der Waals surface area contributed by atoms with Gasteiger partial charge in [-0.25, -0.2) is 4.39 Å². The number of anilines is 1. The van der Waals surface area contributed by atoms with Crippen LogP contribution in [0.4, 0.5) is 10.1 Å². The van der Waals surface area contributed by atoms with E-state index in [9.17, 15) is 9.18 Å². The molecule has 1 aromatic heterocycles. The molecule has 3 aromatic rings. The number of methoxy groups -OCH3 is 1. The lowest BCUT2D eigenvalue weighted by Gasteiger charge is -2.16. The highest BCUT2D eigenvalue weighted by atomic mass is 32.2. The first-order valence-electron chi connectivity index (χ1n) is 8.77. The number of hydrogen-bond acceptors (Lipinski definition) is 7. The van der Waals surface area contributed by atoms with Gasteiger partial charge in [-0.1, -0.05) is 17.4 Å². The van der Waals surface area contributed by atoms with Gasteiger partial charge in [0.1, 0.15) is 16.6 Å². The van der Waals surface area contributed by atoms with Gasteiger partial charge in [-0.3, -0.25) is 9.69 Å². The number of thioether (sulfide) groups is 1. The third kappa shape index (κ3) is 5.75. The number of carbonyl (C=O) groups excluding carboxylic acids is 1. The number of amides is 1. The summed E-state index contributed by atoms with van der Waals surface area (Å²) in [7, 11) is 3.65. The predicted molar refractivity (Wildman–Crippen MR) is 114 cm³/mol. The van der Waals surface area contributed by atoms with E-state index in [1.165, 1.54) is 35.6 Å². The lowest BCUT2D eigenvalue weighted by molar-refractivity contribution is 0.102. The van der Waals surface area contributed by atoms with E-state index in [4.69, 9.17) is 4.74 Å². The molecule has 0 aliphatic carbocycles. The first kappa shape index (κ1) is 21.2. The van der Waals surface area contributed by atoms with Crippen LogP contribution in [0, 0.1) is 5.82 Å². The number of nitrogens with one attached hydrogen (secondary N) is 1. The molecule has 0 saturated carbocycles. The minimum atomic E-state index is -0.361. The molecule has 0 aliphatic rings. The fourth-order valence-corrected chi connectivity index (χ4v) is 4.07. The van der Waals surface area contributed by atoms with Crippen LogP contribution in [0.15, 0.2) is 47.4 Å². The topological polar surface area (TPSA) is 67.3 Å². The minimum Gasteiger partial charge on any atom is -0.496 e. The van der Waals surface area contributed by atoms with Crippen molar-refractivity contribution in [3.8, 4) is 5.75 Å². The van der Waals surface area contributed by atoms with Crippen LogP contribution in [-0.2, 0) is 13.1 Å². The van der Waals surface area contributed by atoms with Gasteiger partial charge in [0.2, 0.25) is 5.01 Å². The third-order valence-corrected chi connectivity index (χ3v) is 5.75. The van der Waals surface area contributed by atoms with E-state index in [-0.39, 0.29) is 16.7 Å². The van der Waals surface area contributed by atoms with Gasteiger partial charge >= 0.3 is 0 Å². The molecule has 0 unspecified atom stereocenters. The smallest absolute Gasteiger partial charge is 0.286 e. The summed E-state index contributed by atoms with van der Waals surface area (Å²) >= 11 is 2.88. The van der Waals surface area contributed by atoms with E-state index in [0.29, 0.717) is 18.8 Å². The van der Waals surface area contributed by atoms with Gasteiger partial charge < -0.3 is 10.1 Å². The molecule has 0 saturated heterocycles. The molecule has 0 fully saturated rings. The van der Waals surface area contributed by atoms with Crippen LogP contribution in [0.3, 0.4) is 0 Å². The summed E-state index contributed by atoms with van der Waals surface area (Å²) in [5, 5.41) is 11.8. The zero-order chi connectivity index (χ0) is 20.8. The fraction of sp³-hybridized carbons (Fsp3) is 0.250. The molecule has 0 spiro atoms. The Bertz CT molecular complexity index is 979. The molecule has 2 aromatic carbocycles. The molecule has 1 amide bonds. The first-order chi connectivity index (χ1) is 14.0. The van der Waals surface area contributed by atoms with E-state index < -0.39 is 0 Å². The number of halogens is 1. The van der Waals surface area contributed by atoms with E-state index in [1.54, 1.807) is 18.9 Å². The van der Waals surface area contributed by atoms with Crippen molar-refractivity contribution in [1.82, 2.24) is 15.1 Å². The largest absolute Gasteiger partial charge is 0.496 e. The molecule has 0 radical (unpaired) electrons. The molecule has 1 heterocycles. The average Bonchev–Trinajstić information content (AvgIpc) is 3.18. The lowest BCUT2D eigenvalue weighted by atomic mass is 10.2. The van der Waals surface area contributed by atoms with Gasteiger partial charge in [0.15, 0.2) is 0 Å². The Morgan fingerprint density at radius 2 is 1.97 bits per heavy atom. The molecule has 0 aliphatic heterocycles. The van der Waals surface area contributed by atoms with E-state index in [1.807, 2.05) is 19.4 Å². The Hall–Kier alpha value is -2.49. The Kier molecular flexibility index (Phi) is 7.18. The van der Waals surface area contributed by atoms with Crippen LogP contribution in [-0.4, -0.2) is 41.4 Å². The van der Waals surface area contributed by atoms with Crippen LogP contribution < -0.4 is 10.1 Å². The van der Waals surface area contributed by atoms with Gasteiger partial charge in [-0.05, 0) is 55.3 Å². The molecule has 6 nitrogen and oxygen atoms in total. The SMILES string of the molecule is COc1cc(CN(C)Cc2nnc(C(=O)Nc3ccc(F)cc3)s2)ccc1SC. The molecule has 29 heavy (non-hydrogen) atoms. The molecule has 9 heteroatoms. The number of rotatable bonds is 8. The standard InChI is InChI=1S/C20H21FN4O2S2/c1-25(11-13-4-9-17(28-3)16(10-13)27-2)12-18-23-24-20(29-18)19(26)22-15-7-5-14(21)6-8-15/h4-10H,11-12H2,1-3H3,(H,22,26). The number of hydrogen-bond donors (Lipinski definition) is 1. The number of benzene rings is 2. The quantitative estimate of drug-likeness (QED) is 0.536. The van der Waals surface area contributed by atoms with Crippen molar-refractivity contribution in [2.45, 2.75) is 18.0 Å². The Morgan fingerprint density at radius 3 is 2.66 bits per heavy atom. The summed E-state index contributed by atoms with van der Waals surface area (Å²) in [4.78, 5) is 15.5. The lowest BCUT2D eigenvalue weighted by Crippen LogP contribution is -2.17. The molecular weight excluding hydrogens is 411 g/mol. The van der Waals surface area contributed by atoms with Gasteiger partial charge in [-0.15, -0.1) is 22.0 Å². The molecular formula is C20H21FN4O2S2. The number of nitrogens with zero attached hydrogens (tertiary/aromatic N) is 3. The Labute approximate surface area is 177 Å². The van der Waals surface area contributed by atoms with Crippen molar-refractivity contribution < 1.29 is 13.9 Å². The molecule has 152 valence electrons. The summed E-state index contributed by atoms with van der Waals surface area (Å²) in [6.45, 7) is 1.27. The average molecular weight is 433 g/mol. The second kappa shape index (κ2) is 9.82. The molecule has 0 bridgehead atoms. The van der Waals surface area contributed by atoms with E-state index >= 15 is 0 Å². The number of ether oxygens (including phenoxy) is 1. The fourth-order valence-electron chi connectivity index (χ4n) is 2.70. The van der Waals surface area contributed by atoms with E-state index in [2.05, 4.69) is 32.5 Å². The van der Waals surface area contributed by atoms with Crippen molar-refractivity contribution in [2.24, 2.45) is 0 Å². The normalized spacial score (nSPS) is 10.9. The van der Waals surface area contributed by atoms with Crippen molar-refractivity contribution in [1.29, 1.82) is 0 Å². The maximum Gasteiger partial charge on any atom is 0.286 e. The summed E-state index contributed by atoms with van der Waals surface area (Å²) in [5.41, 5.74) is 1.63. The van der Waals surface area contributed by atoms with Crippen LogP contribution in [0.5, 0.6) is 5.75 Å². The van der Waals surface area contributed by atoms with Crippen LogP contribution in [0.1, 0.15) is 20.4 Å².